The van der Waals surface area contributed by atoms with Gasteiger partial charge in [0.1, 0.15) is 0 Å². The summed E-state index contributed by atoms with van der Waals surface area (Å²) in [5.41, 5.74) is 1.36. The molecule has 3 rings (SSSR count). The molecular formula is C20H30O2. The van der Waals surface area contributed by atoms with Crippen LogP contribution in [0, 0.1) is 28.1 Å². The highest BCUT2D eigenvalue weighted by Gasteiger charge is 2.58. The fourth-order valence-electron chi connectivity index (χ4n) is 5.94. The van der Waals surface area contributed by atoms with Crippen LogP contribution < -0.4 is 0 Å². The van der Waals surface area contributed by atoms with Crippen molar-refractivity contribution in [2.24, 2.45) is 28.1 Å². The van der Waals surface area contributed by atoms with Gasteiger partial charge in [0.15, 0.2) is 0 Å². The molecule has 0 heterocycles. The van der Waals surface area contributed by atoms with Crippen LogP contribution in [0.1, 0.15) is 65.7 Å². The summed E-state index contributed by atoms with van der Waals surface area (Å²) < 4.78 is 0. The average molecular weight is 302 g/mol. The number of carboxylic acids is 1. The largest absolute Gasteiger partial charge is 0.481 e. The van der Waals surface area contributed by atoms with Crippen LogP contribution in [0.5, 0.6) is 0 Å². The molecule has 0 bridgehead atoms. The summed E-state index contributed by atoms with van der Waals surface area (Å²) in [6.07, 6.45) is 12.1. The molecule has 0 radical (unpaired) electrons. The van der Waals surface area contributed by atoms with Crippen LogP contribution in [0.4, 0.5) is 0 Å². The summed E-state index contributed by atoms with van der Waals surface area (Å²) in [5, 5.41) is 9.84. The maximum absolute atomic E-state index is 12.0. The number of aliphatic carboxylic acids is 1. The fraction of sp³-hybridized carbons (Fsp3) is 0.750. The quantitative estimate of drug-likeness (QED) is 0.711. The molecule has 1 unspecified atom stereocenters. The van der Waals surface area contributed by atoms with Crippen molar-refractivity contribution in [3.05, 3.63) is 24.3 Å². The maximum Gasteiger partial charge on any atom is 0.309 e. The van der Waals surface area contributed by atoms with Crippen molar-refractivity contribution in [2.45, 2.75) is 65.7 Å². The van der Waals surface area contributed by atoms with E-state index in [2.05, 4.69) is 32.6 Å². The van der Waals surface area contributed by atoms with Crippen LogP contribution in [0.15, 0.2) is 24.3 Å². The van der Waals surface area contributed by atoms with Crippen LogP contribution in [-0.4, -0.2) is 11.1 Å². The molecule has 0 aromatic rings. The van der Waals surface area contributed by atoms with Gasteiger partial charge in [-0.25, -0.2) is 0 Å². The maximum atomic E-state index is 12.0. The first-order valence-electron chi connectivity index (χ1n) is 8.84. The Morgan fingerprint density at radius 1 is 1.27 bits per heavy atom. The van der Waals surface area contributed by atoms with E-state index in [1.807, 2.05) is 6.92 Å². The average Bonchev–Trinajstić information content (AvgIpc) is 2.46. The number of fused-ring (bicyclic) bond motifs is 3. The molecule has 0 saturated heterocycles. The summed E-state index contributed by atoms with van der Waals surface area (Å²) in [7, 11) is 0. The van der Waals surface area contributed by atoms with Gasteiger partial charge >= 0.3 is 5.97 Å². The topological polar surface area (TPSA) is 37.3 Å². The highest BCUT2D eigenvalue weighted by Crippen LogP contribution is 2.63. The molecule has 1 N–H and O–H groups in total. The van der Waals surface area contributed by atoms with Crippen LogP contribution in [0.2, 0.25) is 0 Å². The molecule has 122 valence electrons. The Kier molecular flexibility index (Phi) is 3.58. The third-order valence-electron chi connectivity index (χ3n) is 7.38. The zero-order chi connectivity index (χ0) is 16.2. The molecule has 0 aromatic heterocycles. The first-order valence-corrected chi connectivity index (χ1v) is 8.84. The number of rotatable bonds is 2. The second-order valence-electron chi connectivity index (χ2n) is 8.69. The van der Waals surface area contributed by atoms with Crippen molar-refractivity contribution in [3.8, 4) is 0 Å². The first-order chi connectivity index (χ1) is 10.3. The smallest absolute Gasteiger partial charge is 0.309 e. The molecule has 0 amide bonds. The molecule has 5 atom stereocenters. The molecule has 3 aliphatic rings. The van der Waals surface area contributed by atoms with Crippen molar-refractivity contribution < 1.29 is 9.90 Å². The third kappa shape index (κ3) is 2.10. The molecule has 2 nitrogen and oxygen atoms in total. The van der Waals surface area contributed by atoms with E-state index >= 15 is 0 Å². The summed E-state index contributed by atoms with van der Waals surface area (Å²) in [6.45, 7) is 10.7. The Morgan fingerprint density at radius 3 is 2.64 bits per heavy atom. The molecule has 0 aliphatic heterocycles. The lowest BCUT2D eigenvalue weighted by Gasteiger charge is -2.59. The number of carbonyl (C=O) groups is 1. The highest BCUT2D eigenvalue weighted by molar-refractivity contribution is 5.75. The Balaban J connectivity index is 1.99. The van der Waals surface area contributed by atoms with Gasteiger partial charge in [0.25, 0.3) is 0 Å². The van der Waals surface area contributed by atoms with Gasteiger partial charge < -0.3 is 5.11 Å². The second kappa shape index (κ2) is 4.97. The monoisotopic (exact) mass is 302 g/mol. The van der Waals surface area contributed by atoms with E-state index in [0.717, 1.165) is 32.1 Å². The van der Waals surface area contributed by atoms with Crippen LogP contribution in [-0.2, 0) is 4.79 Å². The lowest BCUT2D eigenvalue weighted by Crippen LogP contribution is -2.54. The predicted molar refractivity (Wildman–Crippen MR) is 89.5 cm³/mol. The number of hydrogen-bond donors (Lipinski definition) is 1. The van der Waals surface area contributed by atoms with E-state index in [1.54, 1.807) is 5.57 Å². The summed E-state index contributed by atoms with van der Waals surface area (Å²) in [6, 6.07) is 0. The Labute approximate surface area is 134 Å². The van der Waals surface area contributed by atoms with E-state index in [4.69, 9.17) is 0 Å². The predicted octanol–water partition coefficient (Wildman–Crippen LogP) is 5.21. The Morgan fingerprint density at radius 2 is 2.00 bits per heavy atom. The van der Waals surface area contributed by atoms with E-state index in [0.29, 0.717) is 11.8 Å². The molecule has 22 heavy (non-hydrogen) atoms. The normalized spacial score (nSPS) is 47.9. The molecule has 2 saturated carbocycles. The van der Waals surface area contributed by atoms with Crippen molar-refractivity contribution in [2.75, 3.05) is 0 Å². The van der Waals surface area contributed by atoms with E-state index in [9.17, 15) is 9.90 Å². The van der Waals surface area contributed by atoms with Crippen LogP contribution in [0.25, 0.3) is 0 Å². The minimum absolute atomic E-state index is 0.139. The first kappa shape index (κ1) is 15.8. The summed E-state index contributed by atoms with van der Waals surface area (Å²) in [5.74, 6) is 0.322. The van der Waals surface area contributed by atoms with Gasteiger partial charge in [0, 0.05) is 5.41 Å². The highest BCUT2D eigenvalue weighted by atomic mass is 16.4. The fourth-order valence-corrected chi connectivity index (χ4v) is 5.94. The van der Waals surface area contributed by atoms with Gasteiger partial charge in [-0.05, 0) is 62.7 Å². The Hall–Kier alpha value is -1.05. The zero-order valence-electron chi connectivity index (χ0n) is 14.3. The van der Waals surface area contributed by atoms with Crippen LogP contribution >= 0.6 is 0 Å². The molecule has 0 aromatic carbocycles. The number of carboxylic acid groups (broad SMARTS) is 1. The summed E-state index contributed by atoms with van der Waals surface area (Å²) >= 11 is 0. The van der Waals surface area contributed by atoms with Gasteiger partial charge in [-0.3, -0.25) is 4.79 Å². The third-order valence-corrected chi connectivity index (χ3v) is 7.38. The standard InChI is InChI=1S/C20H30O2/c1-5-18(2)12-9-15-14(13-18)7-8-16-19(15,3)10-6-11-20(16,4)17(21)22/h5,13,15-16H,1,6-12H2,2-4H3,(H,21,22)/t15-,16+,18+,19?,20-/m1/s1. The van der Waals surface area contributed by atoms with Crippen LogP contribution in [0.3, 0.4) is 0 Å². The number of hydrogen-bond acceptors (Lipinski definition) is 1. The Bertz CT molecular complexity index is 534. The summed E-state index contributed by atoms with van der Waals surface area (Å²) in [4.78, 5) is 12.0. The van der Waals surface area contributed by atoms with Crippen molar-refractivity contribution >= 4 is 5.97 Å². The van der Waals surface area contributed by atoms with E-state index in [-0.39, 0.29) is 10.8 Å². The second-order valence-corrected chi connectivity index (χ2v) is 8.69. The molecule has 2 fully saturated rings. The lowest BCUT2D eigenvalue weighted by atomic mass is 9.45. The molecular weight excluding hydrogens is 272 g/mol. The van der Waals surface area contributed by atoms with Gasteiger partial charge in [0.2, 0.25) is 0 Å². The van der Waals surface area contributed by atoms with Gasteiger partial charge in [-0.2, -0.15) is 0 Å². The molecule has 3 aliphatic carbocycles. The lowest BCUT2D eigenvalue weighted by molar-refractivity contribution is -0.164. The van der Waals surface area contributed by atoms with E-state index < -0.39 is 11.4 Å². The zero-order valence-corrected chi connectivity index (χ0v) is 14.3. The van der Waals surface area contributed by atoms with Gasteiger partial charge in [-0.15, -0.1) is 6.58 Å². The molecule has 2 heteroatoms. The van der Waals surface area contributed by atoms with Gasteiger partial charge in [-0.1, -0.05) is 38.0 Å². The minimum Gasteiger partial charge on any atom is -0.481 e. The van der Waals surface area contributed by atoms with Gasteiger partial charge in [0.05, 0.1) is 5.41 Å². The minimum atomic E-state index is -0.581. The van der Waals surface area contributed by atoms with E-state index in [1.165, 1.54) is 12.8 Å². The SMILES string of the molecule is C=C[C@]1(C)C=C2CC[C@H]3C(C)(CCC[C@@]3(C)C(=O)O)[C@@H]2CC1. The van der Waals surface area contributed by atoms with Crippen molar-refractivity contribution in [3.63, 3.8) is 0 Å². The van der Waals surface area contributed by atoms with Crippen molar-refractivity contribution in [1.29, 1.82) is 0 Å². The number of allylic oxidation sites excluding steroid dienone is 3. The molecule has 0 spiro atoms. The van der Waals surface area contributed by atoms with Crippen molar-refractivity contribution in [1.82, 2.24) is 0 Å².